The van der Waals surface area contributed by atoms with Crippen molar-refractivity contribution in [3.8, 4) is 23.1 Å². The molecule has 2 saturated carbocycles. The van der Waals surface area contributed by atoms with E-state index in [9.17, 15) is 23.2 Å². The topological polar surface area (TPSA) is 101 Å². The van der Waals surface area contributed by atoms with E-state index in [1.807, 2.05) is 19.1 Å². The molecule has 274 valence electrons. The van der Waals surface area contributed by atoms with Crippen LogP contribution < -0.4 is 10.1 Å². The van der Waals surface area contributed by atoms with Crippen LogP contribution in [0.2, 0.25) is 10.0 Å². The summed E-state index contributed by atoms with van der Waals surface area (Å²) in [6.07, 6.45) is -1.36. The number of halogens is 6. The Bertz CT molecular complexity index is 2350. The summed E-state index contributed by atoms with van der Waals surface area (Å²) < 4.78 is 66.5. The molecule has 3 aliphatic heterocycles. The third-order valence-corrected chi connectivity index (χ3v) is 12.2. The molecule has 0 spiro atoms. The molecule has 3 saturated heterocycles. The third-order valence-electron chi connectivity index (χ3n) is 11.4. The molecule has 2 aliphatic carbocycles. The summed E-state index contributed by atoms with van der Waals surface area (Å²) in [4.78, 5) is 20.5. The predicted octanol–water partition coefficient (Wildman–Crippen LogP) is 8.40. The Morgan fingerprint density at radius 2 is 1.96 bits per heavy atom. The Hall–Kier alpha value is -4.38. The van der Waals surface area contributed by atoms with Gasteiger partial charge in [0.2, 0.25) is 11.8 Å². The van der Waals surface area contributed by atoms with Gasteiger partial charge in [-0.2, -0.15) is 10.4 Å². The zero-order valence-electron chi connectivity index (χ0n) is 28.4. The Morgan fingerprint density at radius 3 is 2.66 bits per heavy atom. The van der Waals surface area contributed by atoms with Crippen LogP contribution in [0.5, 0.6) is 5.88 Å². The number of nitrogens with zero attached hydrogens (tertiary/aromatic N) is 6. The van der Waals surface area contributed by atoms with Crippen LogP contribution in [0.25, 0.3) is 32.9 Å². The fourth-order valence-corrected chi connectivity index (χ4v) is 9.21. The molecule has 1 amide bonds. The second kappa shape index (κ2) is 12.6. The second-order valence-corrected chi connectivity index (χ2v) is 15.4. The van der Waals surface area contributed by atoms with Crippen LogP contribution in [0, 0.1) is 35.9 Å². The number of nitriles is 1. The molecule has 5 atom stereocenters. The minimum Gasteiger partial charge on any atom is -0.472 e. The van der Waals surface area contributed by atoms with Crippen LogP contribution in [0.15, 0.2) is 42.6 Å². The first-order valence-electron chi connectivity index (χ1n) is 17.7. The number of carbonyl (C=O) groups is 1. The zero-order valence-corrected chi connectivity index (χ0v) is 29.9. The molecule has 9 nitrogen and oxygen atoms in total. The van der Waals surface area contributed by atoms with Crippen LogP contribution in [0.4, 0.5) is 17.6 Å². The first-order chi connectivity index (χ1) is 25.4. The van der Waals surface area contributed by atoms with Crippen molar-refractivity contribution in [2.24, 2.45) is 11.8 Å². The Morgan fingerprint density at radius 1 is 1.15 bits per heavy atom. The number of hydrogen-bond donors (Lipinski definition) is 1. The van der Waals surface area contributed by atoms with Crippen molar-refractivity contribution in [1.29, 1.82) is 5.26 Å². The highest BCUT2D eigenvalue weighted by molar-refractivity contribution is 6.43. The molecule has 5 aliphatic rings. The first kappa shape index (κ1) is 34.4. The Balaban J connectivity index is 1.25. The molecule has 0 radical (unpaired) electrons. The number of carbonyl (C=O) groups excluding carboxylic acids is 1. The van der Waals surface area contributed by atoms with Gasteiger partial charge in [0.1, 0.15) is 11.6 Å². The lowest BCUT2D eigenvalue weighted by Crippen LogP contribution is -2.41. The van der Waals surface area contributed by atoms with Gasteiger partial charge in [-0.15, -0.1) is 17.9 Å². The molecule has 1 N–H and O–H groups in total. The van der Waals surface area contributed by atoms with Crippen molar-refractivity contribution in [3.63, 3.8) is 0 Å². The van der Waals surface area contributed by atoms with Gasteiger partial charge in [-0.25, -0.2) is 9.37 Å². The normalized spacial score (nSPS) is 23.9. The minimum atomic E-state index is -4.77. The highest BCUT2D eigenvalue weighted by Gasteiger charge is 2.51. The molecular weight excluding hydrogens is 733 g/mol. The predicted molar refractivity (Wildman–Crippen MR) is 190 cm³/mol. The van der Waals surface area contributed by atoms with Crippen molar-refractivity contribution >= 4 is 50.9 Å². The summed E-state index contributed by atoms with van der Waals surface area (Å²) in [5.41, 5.74) is 3.53. The third kappa shape index (κ3) is 5.55. The van der Waals surface area contributed by atoms with E-state index in [2.05, 4.69) is 21.1 Å². The van der Waals surface area contributed by atoms with E-state index in [4.69, 9.17) is 32.9 Å². The number of aromatic nitrogens is 4. The van der Waals surface area contributed by atoms with E-state index in [-0.39, 0.29) is 81.4 Å². The maximum absolute atomic E-state index is 17.2. The van der Waals surface area contributed by atoms with E-state index >= 15 is 4.39 Å². The summed E-state index contributed by atoms with van der Waals surface area (Å²) >= 11 is 13.0. The lowest BCUT2D eigenvalue weighted by molar-refractivity contribution is -0.215. The fraction of sp³-hybridized carbons (Fsp3) is 0.421. The number of likely N-dealkylation sites (tertiary alicyclic amines) is 1. The molecular formula is C38H33Cl2F4N7O2. The van der Waals surface area contributed by atoms with Crippen LogP contribution in [-0.4, -0.2) is 55.4 Å². The van der Waals surface area contributed by atoms with Gasteiger partial charge < -0.3 is 19.5 Å². The summed E-state index contributed by atoms with van der Waals surface area (Å²) in [6, 6.07) is 11.9. The number of benzene rings is 2. The zero-order chi connectivity index (χ0) is 36.9. The molecule has 10 rings (SSSR count). The highest BCUT2D eigenvalue weighted by Crippen LogP contribution is 2.51. The number of hydrogen-bond acceptors (Lipinski definition) is 6. The van der Waals surface area contributed by atoms with Crippen LogP contribution in [-0.2, 0) is 17.5 Å². The van der Waals surface area contributed by atoms with Crippen LogP contribution in [0.3, 0.4) is 0 Å². The summed E-state index contributed by atoms with van der Waals surface area (Å²) in [5.74, 6) is -0.924. The fourth-order valence-electron chi connectivity index (χ4n) is 8.81. The molecule has 5 aromatic rings. The molecule has 53 heavy (non-hydrogen) atoms. The van der Waals surface area contributed by atoms with Gasteiger partial charge in [-0.05, 0) is 62.3 Å². The van der Waals surface area contributed by atoms with Crippen molar-refractivity contribution in [2.75, 3.05) is 13.1 Å². The molecule has 3 aromatic heterocycles. The molecule has 0 unspecified atom stereocenters. The first-order valence-corrected chi connectivity index (χ1v) is 18.5. The smallest absolute Gasteiger partial charge is 0.472 e. The average Bonchev–Trinajstić information content (AvgIpc) is 3.59. The largest absolute Gasteiger partial charge is 0.507 e. The van der Waals surface area contributed by atoms with E-state index in [1.165, 1.54) is 6.07 Å². The number of fused-ring (bicyclic) bond motifs is 4. The quantitative estimate of drug-likeness (QED) is 0.159. The number of alkyl halides is 3. The average molecular weight is 767 g/mol. The Kier molecular flexibility index (Phi) is 8.18. The lowest BCUT2D eigenvalue weighted by Gasteiger charge is -2.39. The van der Waals surface area contributed by atoms with Gasteiger partial charge in [-0.1, -0.05) is 35.3 Å². The standard InChI is InChI=1S/C38H33Cl2F4N7O2/c1-18-24-15-29(28-14-22(17-49(28)37(52)19-7-8-19)53-30-9-11-47-51(30)38(42,43)44)50(35-21-13-27(35)46-16-21)36(24)25-12-20(4-3-10-45)31(33(41)34(25)48-18)23-5-2-6-26(39)32(23)40/h2,5-6,9,11-12,15,19,21-22,27-28,35,46H,3-4,7-8,13-14,16-17H2,1H3/t21-,22+,27-,28-,35+/m1/s1. The molecule has 5 fully saturated rings. The van der Waals surface area contributed by atoms with Gasteiger partial charge in [0.15, 0.2) is 5.82 Å². The van der Waals surface area contributed by atoms with Crippen molar-refractivity contribution in [1.82, 2.24) is 29.5 Å². The lowest BCUT2D eigenvalue weighted by atomic mass is 9.79. The number of amides is 1. The monoisotopic (exact) mass is 765 g/mol. The van der Waals surface area contributed by atoms with Crippen LogP contribution in [0.1, 0.15) is 61.1 Å². The van der Waals surface area contributed by atoms with Crippen molar-refractivity contribution < 1.29 is 27.1 Å². The van der Waals surface area contributed by atoms with E-state index < -0.39 is 30.1 Å². The van der Waals surface area contributed by atoms with Gasteiger partial charge in [-0.3, -0.25) is 4.79 Å². The number of aryl methyl sites for hydroxylation is 2. The van der Waals surface area contributed by atoms with Gasteiger partial charge in [0.05, 0.1) is 46.5 Å². The second-order valence-electron chi connectivity index (χ2n) is 14.6. The van der Waals surface area contributed by atoms with Crippen LogP contribution >= 0.6 is 23.2 Å². The number of nitrogens with one attached hydrogen (secondary N) is 1. The van der Waals surface area contributed by atoms with E-state index in [1.54, 1.807) is 23.1 Å². The molecule has 6 heterocycles. The van der Waals surface area contributed by atoms with Gasteiger partial charge in [0, 0.05) is 70.7 Å². The number of pyridine rings is 1. The van der Waals surface area contributed by atoms with Gasteiger partial charge >= 0.3 is 6.30 Å². The molecule has 2 aromatic carbocycles. The van der Waals surface area contributed by atoms with E-state index in [0.29, 0.717) is 22.2 Å². The summed E-state index contributed by atoms with van der Waals surface area (Å²) in [5, 5.41) is 18.4. The summed E-state index contributed by atoms with van der Waals surface area (Å²) in [6.45, 7) is 2.73. The maximum Gasteiger partial charge on any atom is 0.507 e. The van der Waals surface area contributed by atoms with Crippen molar-refractivity contribution in [3.05, 3.63) is 75.4 Å². The number of ether oxygens (including phenoxy) is 1. The SMILES string of the molecule is Cc1nc2c(F)c(-c3cccc(Cl)c3Cl)c(CCC#N)cc2c2c1cc([C@H]1C[C@H](Oc3ccnn3C(F)(F)F)CN1C(=O)C1CC1)n2[C@H]1[C@H]2CN[C@@H]1C2. The maximum atomic E-state index is 17.2. The highest BCUT2D eigenvalue weighted by atomic mass is 35.5. The van der Waals surface area contributed by atoms with Gasteiger partial charge in [0.25, 0.3) is 0 Å². The van der Waals surface area contributed by atoms with E-state index in [0.717, 1.165) is 48.6 Å². The van der Waals surface area contributed by atoms with Crippen molar-refractivity contribution in [2.45, 2.75) is 76.0 Å². The molecule has 15 heteroatoms. The molecule has 2 bridgehead atoms. The number of rotatable bonds is 8. The summed E-state index contributed by atoms with van der Waals surface area (Å²) in [7, 11) is 0. The minimum absolute atomic E-state index is 0.00956. The Labute approximate surface area is 311 Å².